The fourth-order valence-corrected chi connectivity index (χ4v) is 4.07. The maximum Gasteiger partial charge on any atom is 0.337 e. The lowest BCUT2D eigenvalue weighted by Crippen LogP contribution is -2.37. The number of carboxylic acids is 1. The number of thiophene rings is 1. The van der Waals surface area contributed by atoms with Crippen LogP contribution in [0.25, 0.3) is 21.6 Å². The summed E-state index contributed by atoms with van der Waals surface area (Å²) in [6.07, 6.45) is 0. The van der Waals surface area contributed by atoms with Crippen LogP contribution in [-0.4, -0.2) is 44.5 Å². The fourth-order valence-electron chi connectivity index (χ4n) is 3.17. The Labute approximate surface area is 165 Å². The maximum atomic E-state index is 13.3. The molecule has 0 spiro atoms. The van der Waals surface area contributed by atoms with Crippen LogP contribution in [0.1, 0.15) is 29.8 Å². The van der Waals surface area contributed by atoms with Gasteiger partial charge in [-0.3, -0.25) is 14.2 Å². The molecule has 28 heavy (non-hydrogen) atoms. The van der Waals surface area contributed by atoms with E-state index in [1.165, 1.54) is 9.95 Å². The van der Waals surface area contributed by atoms with Crippen LogP contribution in [0.2, 0.25) is 0 Å². The summed E-state index contributed by atoms with van der Waals surface area (Å²) in [7, 11) is 0. The molecule has 0 unspecified atom stereocenters. The van der Waals surface area contributed by atoms with Crippen molar-refractivity contribution < 1.29 is 14.7 Å². The zero-order chi connectivity index (χ0) is 20.4. The number of aromatic nitrogens is 2. The molecule has 7 nitrogen and oxygen atoms in total. The molecule has 2 heterocycles. The number of hydrogen-bond acceptors (Lipinski definition) is 5. The molecule has 0 aliphatic heterocycles. The summed E-state index contributed by atoms with van der Waals surface area (Å²) in [5.41, 5.74) is 1.05. The second kappa shape index (κ2) is 7.93. The Hall–Kier alpha value is -3.00. The molecule has 1 amide bonds. The second-order valence-corrected chi connectivity index (χ2v) is 7.20. The highest BCUT2D eigenvalue weighted by Crippen LogP contribution is 2.27. The number of benzene rings is 1. The molecular weight excluding hydrogens is 378 g/mol. The van der Waals surface area contributed by atoms with Gasteiger partial charge in [-0.25, -0.2) is 9.78 Å². The van der Waals surface area contributed by atoms with Crippen molar-refractivity contribution in [3.05, 3.63) is 51.1 Å². The van der Waals surface area contributed by atoms with Gasteiger partial charge in [-0.2, -0.15) is 0 Å². The Morgan fingerprint density at radius 1 is 1.21 bits per heavy atom. The number of fused-ring (bicyclic) bond motifs is 1. The number of carboxylic acid groups (broad SMARTS) is 1. The first kappa shape index (κ1) is 19.8. The first-order chi connectivity index (χ1) is 13.4. The normalized spacial score (nSPS) is 11.0. The Bertz CT molecular complexity index is 1110. The summed E-state index contributed by atoms with van der Waals surface area (Å²) in [4.78, 5) is 44.1. The van der Waals surface area contributed by atoms with E-state index in [0.29, 0.717) is 23.7 Å². The number of carbonyl (C=O) groups excluding carboxylic acids is 1. The summed E-state index contributed by atoms with van der Waals surface area (Å²) in [5, 5.41) is 10.9. The average molecular weight is 399 g/mol. The van der Waals surface area contributed by atoms with Gasteiger partial charge in [0.15, 0.2) is 0 Å². The number of aromatic carboxylic acids is 1. The number of rotatable bonds is 6. The van der Waals surface area contributed by atoms with Crippen LogP contribution in [0, 0.1) is 6.92 Å². The smallest absolute Gasteiger partial charge is 0.337 e. The van der Waals surface area contributed by atoms with Crippen LogP contribution >= 0.6 is 11.3 Å². The first-order valence-corrected chi connectivity index (χ1v) is 9.86. The molecule has 8 heteroatoms. The van der Waals surface area contributed by atoms with E-state index in [1.807, 2.05) is 45.0 Å². The largest absolute Gasteiger partial charge is 0.478 e. The summed E-state index contributed by atoms with van der Waals surface area (Å²) >= 11 is 1.11. The van der Waals surface area contributed by atoms with Gasteiger partial charge < -0.3 is 10.0 Å². The van der Waals surface area contributed by atoms with Crippen LogP contribution in [0.15, 0.2) is 34.4 Å². The van der Waals surface area contributed by atoms with Crippen molar-refractivity contribution in [2.24, 2.45) is 0 Å². The monoisotopic (exact) mass is 399 g/mol. The van der Waals surface area contributed by atoms with E-state index < -0.39 is 11.5 Å². The molecule has 146 valence electrons. The fraction of sp³-hybridized carbons (Fsp3) is 0.300. The number of likely N-dealkylation sites (N-methyl/N-ethyl adjacent to an activating group) is 1. The summed E-state index contributed by atoms with van der Waals surface area (Å²) in [6, 6.07) is 7.47. The van der Waals surface area contributed by atoms with Crippen LogP contribution < -0.4 is 5.56 Å². The molecule has 3 aromatic rings. The van der Waals surface area contributed by atoms with Gasteiger partial charge in [-0.1, -0.05) is 24.3 Å². The van der Waals surface area contributed by atoms with Crippen LogP contribution in [0.4, 0.5) is 0 Å². The Balaban J connectivity index is 2.29. The van der Waals surface area contributed by atoms with E-state index in [0.717, 1.165) is 22.5 Å². The lowest BCUT2D eigenvalue weighted by molar-refractivity contribution is -0.131. The topological polar surface area (TPSA) is 92.5 Å². The molecule has 0 bridgehead atoms. The summed E-state index contributed by atoms with van der Waals surface area (Å²) < 4.78 is 1.30. The van der Waals surface area contributed by atoms with E-state index in [2.05, 4.69) is 4.98 Å². The third kappa shape index (κ3) is 3.43. The maximum absolute atomic E-state index is 13.3. The molecule has 0 atom stereocenters. The molecule has 0 radical (unpaired) electrons. The molecule has 1 aromatic carbocycles. The van der Waals surface area contributed by atoms with Gasteiger partial charge >= 0.3 is 5.97 Å². The van der Waals surface area contributed by atoms with E-state index in [-0.39, 0.29) is 23.4 Å². The minimum Gasteiger partial charge on any atom is -0.478 e. The van der Waals surface area contributed by atoms with E-state index in [4.69, 9.17) is 0 Å². The highest BCUT2D eigenvalue weighted by atomic mass is 32.1. The number of amides is 1. The highest BCUT2D eigenvalue weighted by molar-refractivity contribution is 7.17. The van der Waals surface area contributed by atoms with Gasteiger partial charge in [-0.05, 0) is 26.3 Å². The molecule has 0 fully saturated rings. The number of carbonyl (C=O) groups is 2. The van der Waals surface area contributed by atoms with Crippen LogP contribution in [-0.2, 0) is 11.3 Å². The van der Waals surface area contributed by atoms with Crippen molar-refractivity contribution in [1.82, 2.24) is 14.5 Å². The predicted octanol–water partition coefficient (Wildman–Crippen LogP) is 3.00. The van der Waals surface area contributed by atoms with Crippen molar-refractivity contribution in [1.29, 1.82) is 0 Å². The lowest BCUT2D eigenvalue weighted by atomic mass is 10.1. The standard InChI is InChI=1S/C20H21N3O4S/c1-4-22(5-2)15(24)10-23-17(13-9-7-6-8-12(13)3)21-18-16(19(23)25)14(11-28-18)20(26)27/h6-9,11H,4-5,10H2,1-3H3,(H,26,27). The third-order valence-corrected chi connectivity index (χ3v) is 5.59. The third-order valence-electron chi connectivity index (χ3n) is 4.72. The first-order valence-electron chi connectivity index (χ1n) is 8.98. The molecular formula is C20H21N3O4S. The van der Waals surface area contributed by atoms with Crippen molar-refractivity contribution >= 4 is 33.4 Å². The van der Waals surface area contributed by atoms with Crippen molar-refractivity contribution in [3.63, 3.8) is 0 Å². The lowest BCUT2D eigenvalue weighted by Gasteiger charge is -2.21. The average Bonchev–Trinajstić information content (AvgIpc) is 3.10. The summed E-state index contributed by atoms with van der Waals surface area (Å²) in [5.74, 6) is -1.03. The highest BCUT2D eigenvalue weighted by Gasteiger charge is 2.23. The van der Waals surface area contributed by atoms with Crippen LogP contribution in [0.3, 0.4) is 0 Å². The molecule has 3 rings (SSSR count). The molecule has 0 aliphatic rings. The Morgan fingerprint density at radius 2 is 1.89 bits per heavy atom. The molecule has 2 aromatic heterocycles. The van der Waals surface area contributed by atoms with Crippen molar-refractivity contribution in [2.75, 3.05) is 13.1 Å². The number of hydrogen-bond donors (Lipinski definition) is 1. The molecule has 1 N–H and O–H groups in total. The van der Waals surface area contributed by atoms with Gasteiger partial charge in [0.05, 0.1) is 10.9 Å². The minimum absolute atomic E-state index is 0.0437. The quantitative estimate of drug-likeness (QED) is 0.688. The van der Waals surface area contributed by atoms with E-state index in [9.17, 15) is 19.5 Å². The zero-order valence-corrected chi connectivity index (χ0v) is 16.7. The summed E-state index contributed by atoms with van der Waals surface area (Å²) in [6.45, 7) is 6.50. The Morgan fingerprint density at radius 3 is 2.50 bits per heavy atom. The van der Waals surface area contributed by atoms with Gasteiger partial charge in [0.2, 0.25) is 5.91 Å². The van der Waals surface area contributed by atoms with Crippen LogP contribution in [0.5, 0.6) is 0 Å². The minimum atomic E-state index is -1.18. The zero-order valence-electron chi connectivity index (χ0n) is 15.9. The Kier molecular flexibility index (Phi) is 5.60. The predicted molar refractivity (Wildman–Crippen MR) is 109 cm³/mol. The van der Waals surface area contributed by atoms with Gasteiger partial charge in [0.25, 0.3) is 5.56 Å². The van der Waals surface area contributed by atoms with Gasteiger partial charge in [-0.15, -0.1) is 11.3 Å². The van der Waals surface area contributed by atoms with Gasteiger partial charge in [0.1, 0.15) is 17.2 Å². The molecule has 0 saturated heterocycles. The number of aryl methyl sites for hydroxylation is 1. The number of nitrogens with zero attached hydrogens (tertiary/aromatic N) is 3. The molecule has 0 saturated carbocycles. The van der Waals surface area contributed by atoms with Crippen molar-refractivity contribution in [2.45, 2.75) is 27.3 Å². The SMILES string of the molecule is CCN(CC)C(=O)Cn1c(-c2ccccc2C)nc2scc(C(=O)O)c2c1=O. The second-order valence-electron chi connectivity index (χ2n) is 6.34. The van der Waals surface area contributed by atoms with Crippen molar-refractivity contribution in [3.8, 4) is 11.4 Å². The van der Waals surface area contributed by atoms with Gasteiger partial charge in [0, 0.05) is 24.0 Å². The molecule has 0 aliphatic carbocycles. The van der Waals surface area contributed by atoms with E-state index in [1.54, 1.807) is 4.90 Å². The van der Waals surface area contributed by atoms with E-state index >= 15 is 0 Å².